The van der Waals surface area contributed by atoms with Crippen molar-refractivity contribution in [3.8, 4) is 0 Å². The fourth-order valence-corrected chi connectivity index (χ4v) is 5.94. The number of unbranched alkanes of at least 4 members (excludes halogenated alkanes) is 6. The number of esters is 1. The second kappa shape index (κ2) is 19.5. The molecule has 2 atom stereocenters. The summed E-state index contributed by atoms with van der Waals surface area (Å²) in [6.07, 6.45) is 7.43. The van der Waals surface area contributed by atoms with Gasteiger partial charge < -0.3 is 14.6 Å². The molecule has 1 aliphatic heterocycles. The number of carbonyl (C=O) groups excluding carboxylic acids is 1. The SMILES string of the molecule is CCCCCCCCCC(=O)OC1CN(CCC(O)c2ccccc2)CCN1CCOC(c1ccc(F)cc1)c1ccc(F)cc1. The van der Waals surface area contributed by atoms with Gasteiger partial charge in [0.2, 0.25) is 0 Å². The zero-order valence-electron chi connectivity index (χ0n) is 27.2. The van der Waals surface area contributed by atoms with E-state index >= 15 is 0 Å². The van der Waals surface area contributed by atoms with Gasteiger partial charge in [-0.1, -0.05) is 100 Å². The second-order valence-electron chi connectivity index (χ2n) is 12.2. The molecule has 0 aliphatic carbocycles. The van der Waals surface area contributed by atoms with Gasteiger partial charge in [0, 0.05) is 39.1 Å². The van der Waals surface area contributed by atoms with E-state index in [-0.39, 0.29) is 17.6 Å². The molecule has 1 saturated heterocycles. The molecule has 0 aromatic heterocycles. The van der Waals surface area contributed by atoms with E-state index < -0.39 is 18.4 Å². The third-order valence-electron chi connectivity index (χ3n) is 8.69. The van der Waals surface area contributed by atoms with E-state index in [1.165, 1.54) is 49.9 Å². The Hall–Kier alpha value is -3.17. The summed E-state index contributed by atoms with van der Waals surface area (Å²) in [7, 11) is 0. The molecule has 0 bridgehead atoms. The summed E-state index contributed by atoms with van der Waals surface area (Å²) in [5.74, 6) is -0.861. The molecule has 1 heterocycles. The summed E-state index contributed by atoms with van der Waals surface area (Å²) in [6, 6.07) is 22.0. The smallest absolute Gasteiger partial charge is 0.307 e. The molecule has 0 amide bonds. The number of ether oxygens (including phenoxy) is 2. The van der Waals surface area contributed by atoms with E-state index in [0.717, 1.165) is 42.5 Å². The molecule has 6 nitrogen and oxygen atoms in total. The van der Waals surface area contributed by atoms with Crippen molar-refractivity contribution < 1.29 is 28.2 Å². The zero-order valence-corrected chi connectivity index (χ0v) is 27.2. The van der Waals surface area contributed by atoms with Crippen LogP contribution in [0.2, 0.25) is 0 Å². The van der Waals surface area contributed by atoms with Gasteiger partial charge in [-0.15, -0.1) is 0 Å². The number of benzene rings is 3. The van der Waals surface area contributed by atoms with Crippen molar-refractivity contribution in [1.82, 2.24) is 9.80 Å². The minimum absolute atomic E-state index is 0.189. The summed E-state index contributed by atoms with van der Waals surface area (Å²) >= 11 is 0. The topological polar surface area (TPSA) is 62.2 Å². The molecule has 0 saturated carbocycles. The van der Waals surface area contributed by atoms with Gasteiger partial charge >= 0.3 is 5.97 Å². The first-order valence-corrected chi connectivity index (χ1v) is 16.9. The van der Waals surface area contributed by atoms with Gasteiger partial charge in [0.1, 0.15) is 17.7 Å². The Balaban J connectivity index is 1.35. The summed E-state index contributed by atoms with van der Waals surface area (Å²) in [4.78, 5) is 17.3. The quantitative estimate of drug-likeness (QED) is 0.107. The second-order valence-corrected chi connectivity index (χ2v) is 12.2. The third kappa shape index (κ3) is 11.9. The highest BCUT2D eigenvalue weighted by Crippen LogP contribution is 2.27. The van der Waals surface area contributed by atoms with E-state index in [4.69, 9.17) is 9.47 Å². The maximum absolute atomic E-state index is 13.7. The lowest BCUT2D eigenvalue weighted by Crippen LogP contribution is -2.55. The Morgan fingerprint density at radius 2 is 1.41 bits per heavy atom. The fraction of sp³-hybridized carbons (Fsp3) is 0.500. The first-order chi connectivity index (χ1) is 22.4. The minimum atomic E-state index is -0.555. The number of aliphatic hydroxyl groups is 1. The molecule has 2 unspecified atom stereocenters. The first-order valence-electron chi connectivity index (χ1n) is 16.9. The number of aliphatic hydroxyl groups excluding tert-OH is 1. The van der Waals surface area contributed by atoms with Crippen molar-refractivity contribution >= 4 is 5.97 Å². The van der Waals surface area contributed by atoms with Crippen molar-refractivity contribution in [3.05, 3.63) is 107 Å². The van der Waals surface area contributed by atoms with Gasteiger partial charge in [-0.3, -0.25) is 14.6 Å². The highest BCUT2D eigenvalue weighted by atomic mass is 19.1. The van der Waals surface area contributed by atoms with Crippen LogP contribution in [0.25, 0.3) is 0 Å². The highest BCUT2D eigenvalue weighted by Gasteiger charge is 2.30. The molecule has 46 heavy (non-hydrogen) atoms. The van der Waals surface area contributed by atoms with E-state index in [9.17, 15) is 18.7 Å². The Bertz CT molecular complexity index is 1230. The van der Waals surface area contributed by atoms with Crippen LogP contribution in [0.5, 0.6) is 0 Å². The molecular weight excluding hydrogens is 586 g/mol. The predicted octanol–water partition coefficient (Wildman–Crippen LogP) is 7.82. The predicted molar refractivity (Wildman–Crippen MR) is 177 cm³/mol. The van der Waals surface area contributed by atoms with Crippen molar-refractivity contribution in [1.29, 1.82) is 0 Å². The number of piperazine rings is 1. The van der Waals surface area contributed by atoms with Gasteiger partial charge in [0.05, 0.1) is 12.7 Å². The van der Waals surface area contributed by atoms with E-state index in [1.54, 1.807) is 24.3 Å². The van der Waals surface area contributed by atoms with Crippen molar-refractivity contribution in [2.24, 2.45) is 0 Å². The number of carbonyl (C=O) groups is 1. The number of hydrogen-bond donors (Lipinski definition) is 1. The largest absolute Gasteiger partial charge is 0.445 e. The number of hydrogen-bond acceptors (Lipinski definition) is 6. The minimum Gasteiger partial charge on any atom is -0.445 e. The first kappa shape index (κ1) is 35.7. The molecule has 3 aromatic carbocycles. The molecule has 8 heteroatoms. The fourth-order valence-electron chi connectivity index (χ4n) is 5.94. The maximum Gasteiger partial charge on any atom is 0.307 e. The lowest BCUT2D eigenvalue weighted by Gasteiger charge is -2.41. The Morgan fingerprint density at radius 1 is 0.804 bits per heavy atom. The number of nitrogens with zero attached hydrogens (tertiary/aromatic N) is 2. The van der Waals surface area contributed by atoms with Crippen LogP contribution in [-0.2, 0) is 14.3 Å². The number of halogens is 2. The lowest BCUT2D eigenvalue weighted by atomic mass is 10.0. The van der Waals surface area contributed by atoms with Crippen molar-refractivity contribution in [3.63, 3.8) is 0 Å². The third-order valence-corrected chi connectivity index (χ3v) is 8.69. The van der Waals surface area contributed by atoms with Crippen LogP contribution >= 0.6 is 0 Å². The molecule has 0 radical (unpaired) electrons. The summed E-state index contributed by atoms with van der Waals surface area (Å²) in [5, 5.41) is 10.7. The van der Waals surface area contributed by atoms with Crippen LogP contribution in [0.4, 0.5) is 8.78 Å². The average molecular weight is 637 g/mol. The molecule has 250 valence electrons. The van der Waals surface area contributed by atoms with E-state index in [1.807, 2.05) is 30.3 Å². The number of rotatable bonds is 19. The van der Waals surface area contributed by atoms with Gasteiger partial charge in [0.15, 0.2) is 6.23 Å². The van der Waals surface area contributed by atoms with Crippen LogP contribution in [0.15, 0.2) is 78.9 Å². The maximum atomic E-state index is 13.7. The van der Waals surface area contributed by atoms with Crippen LogP contribution < -0.4 is 0 Å². The van der Waals surface area contributed by atoms with Crippen LogP contribution in [0, 0.1) is 11.6 Å². The molecule has 1 aliphatic rings. The van der Waals surface area contributed by atoms with Crippen molar-refractivity contribution in [2.75, 3.05) is 39.3 Å². The monoisotopic (exact) mass is 636 g/mol. The Morgan fingerprint density at radius 3 is 2.04 bits per heavy atom. The van der Waals surface area contributed by atoms with Crippen LogP contribution in [-0.4, -0.2) is 66.4 Å². The summed E-state index contributed by atoms with van der Waals surface area (Å²) in [6.45, 7) is 5.74. The Labute approximate surface area is 273 Å². The highest BCUT2D eigenvalue weighted by molar-refractivity contribution is 5.69. The van der Waals surface area contributed by atoms with E-state index in [2.05, 4.69) is 16.7 Å². The van der Waals surface area contributed by atoms with Crippen LogP contribution in [0.1, 0.15) is 93.6 Å². The Kier molecular flexibility index (Phi) is 15.1. The molecule has 1 N–H and O–H groups in total. The van der Waals surface area contributed by atoms with Gasteiger partial charge in [-0.05, 0) is 53.8 Å². The van der Waals surface area contributed by atoms with Gasteiger partial charge in [-0.2, -0.15) is 0 Å². The van der Waals surface area contributed by atoms with Crippen molar-refractivity contribution in [2.45, 2.75) is 83.1 Å². The van der Waals surface area contributed by atoms with Gasteiger partial charge in [-0.25, -0.2) is 8.78 Å². The van der Waals surface area contributed by atoms with E-state index in [0.29, 0.717) is 45.6 Å². The normalized spacial score (nSPS) is 16.5. The van der Waals surface area contributed by atoms with Gasteiger partial charge in [0.25, 0.3) is 0 Å². The molecule has 0 spiro atoms. The summed E-state index contributed by atoms with van der Waals surface area (Å²) in [5.41, 5.74) is 2.44. The standard InChI is InChI=1S/C38H50F2N2O4/c1-2-3-4-5-6-7-11-14-37(44)46-36-29-41(24-23-35(43)30-12-9-8-10-13-30)25-26-42(36)27-28-45-38(31-15-19-33(39)20-16-31)32-17-21-34(40)22-18-32/h8-10,12-13,15-22,35-36,38,43H,2-7,11,14,23-29H2,1H3. The van der Waals surface area contributed by atoms with Crippen LogP contribution in [0.3, 0.4) is 0 Å². The average Bonchev–Trinajstić information content (AvgIpc) is 3.07. The zero-order chi connectivity index (χ0) is 32.6. The molecule has 4 rings (SSSR count). The summed E-state index contributed by atoms with van der Waals surface area (Å²) < 4.78 is 39.8. The molecule has 1 fully saturated rings. The molecular formula is C38H50F2N2O4. The lowest BCUT2D eigenvalue weighted by molar-refractivity contribution is -0.167. The molecule has 3 aromatic rings.